The number of rotatable bonds is 3. The van der Waals surface area contributed by atoms with Crippen molar-refractivity contribution < 1.29 is 19.5 Å². The number of aromatic amines is 1. The zero-order chi connectivity index (χ0) is 20.1. The Labute approximate surface area is 163 Å². The second-order valence-electron chi connectivity index (χ2n) is 6.65. The highest BCUT2D eigenvalue weighted by Gasteiger charge is 2.20. The van der Waals surface area contributed by atoms with Crippen LogP contribution in [0.5, 0.6) is 11.5 Å². The number of aromatic hydroxyl groups is 1. The van der Waals surface area contributed by atoms with E-state index in [4.69, 9.17) is 4.74 Å². The van der Waals surface area contributed by atoms with E-state index in [2.05, 4.69) is 9.97 Å². The smallest absolute Gasteiger partial charge is 0.292 e. The number of nitrogens with zero attached hydrogens (tertiary/aromatic N) is 3. The van der Waals surface area contributed by atoms with Crippen molar-refractivity contribution in [1.82, 2.24) is 14.7 Å². The number of phenols is 1. The van der Waals surface area contributed by atoms with Gasteiger partial charge in [0.2, 0.25) is 0 Å². The monoisotopic (exact) mass is 389 g/mol. The van der Waals surface area contributed by atoms with Crippen LogP contribution in [0.3, 0.4) is 0 Å². The number of benzene rings is 3. The van der Waals surface area contributed by atoms with E-state index in [-0.39, 0.29) is 5.75 Å². The lowest BCUT2D eigenvalue weighted by atomic mass is 10.2. The summed E-state index contributed by atoms with van der Waals surface area (Å²) in [4.78, 5) is 20.6. The highest BCUT2D eigenvalue weighted by molar-refractivity contribution is 5.93. The summed E-state index contributed by atoms with van der Waals surface area (Å²) >= 11 is 0. The summed E-state index contributed by atoms with van der Waals surface area (Å²) in [6.07, 6.45) is 0. The second-order valence-corrected chi connectivity index (χ2v) is 6.65. The normalized spacial score (nSPS) is 11.5. The van der Waals surface area contributed by atoms with Crippen molar-refractivity contribution in [2.24, 2.45) is 0 Å². The number of imidazole rings is 1. The van der Waals surface area contributed by atoms with Crippen LogP contribution in [0, 0.1) is 4.91 Å². The highest BCUT2D eigenvalue weighted by Crippen LogP contribution is 2.32. The van der Waals surface area contributed by atoms with Crippen LogP contribution < -0.4 is 9.16 Å². The highest BCUT2D eigenvalue weighted by atomic mass is 16.5. The number of fused-ring (bicyclic) bond motifs is 3. The third-order valence-electron chi connectivity index (χ3n) is 4.89. The maximum absolute atomic E-state index is 12.8. The van der Waals surface area contributed by atoms with Gasteiger partial charge in [-0.25, -0.2) is 4.98 Å². The van der Waals surface area contributed by atoms with Crippen LogP contribution in [-0.4, -0.2) is 31.6 Å². The van der Waals surface area contributed by atoms with Gasteiger partial charge in [-0.2, -0.15) is 4.73 Å². The zero-order valence-electron chi connectivity index (χ0n) is 15.5. The van der Waals surface area contributed by atoms with Gasteiger partial charge in [0.15, 0.2) is 22.5 Å². The molecule has 8 nitrogen and oxygen atoms in total. The fourth-order valence-electron chi connectivity index (χ4n) is 3.51. The Hall–Kier alpha value is -4.07. The zero-order valence-corrected chi connectivity index (χ0v) is 15.5. The molecule has 0 radical (unpaired) electrons. The van der Waals surface area contributed by atoms with Crippen molar-refractivity contribution in [2.45, 2.75) is 6.92 Å². The lowest BCUT2D eigenvalue weighted by molar-refractivity contribution is -0.433. The van der Waals surface area contributed by atoms with Crippen LogP contribution >= 0.6 is 0 Å². The first-order valence-corrected chi connectivity index (χ1v) is 9.12. The van der Waals surface area contributed by atoms with E-state index in [1.807, 2.05) is 6.92 Å². The summed E-state index contributed by atoms with van der Waals surface area (Å²) in [5.41, 5.74) is 3.41. The van der Waals surface area contributed by atoms with E-state index in [1.165, 1.54) is 0 Å². The molecule has 0 aliphatic carbocycles. The van der Waals surface area contributed by atoms with Gasteiger partial charge < -0.3 is 20.0 Å². The third kappa shape index (κ3) is 2.57. The molecule has 8 heteroatoms. The van der Waals surface area contributed by atoms with E-state index >= 15 is 0 Å². The van der Waals surface area contributed by atoms with Crippen LogP contribution in [0.2, 0.25) is 0 Å². The number of phenolic OH excluding ortho intramolecular Hbond substituents is 1. The first-order chi connectivity index (χ1) is 14.1. The lowest BCUT2D eigenvalue weighted by Gasteiger charge is -2.06. The van der Waals surface area contributed by atoms with Gasteiger partial charge in [0, 0.05) is 22.6 Å². The predicted octanol–water partition coefficient (Wildman–Crippen LogP) is 3.59. The molecule has 0 atom stereocenters. The van der Waals surface area contributed by atoms with E-state index in [0.717, 1.165) is 14.7 Å². The molecule has 3 N–H and O–H groups in total. The van der Waals surface area contributed by atoms with Gasteiger partial charge in [0.1, 0.15) is 5.82 Å². The van der Waals surface area contributed by atoms with Crippen molar-refractivity contribution in [3.8, 4) is 22.9 Å². The molecular weight excluding hydrogens is 372 g/mol. The van der Waals surface area contributed by atoms with Gasteiger partial charge in [0.25, 0.3) is 11.0 Å². The molecule has 2 heterocycles. The van der Waals surface area contributed by atoms with Crippen molar-refractivity contribution >= 4 is 33.1 Å². The molecular formula is C21H17N4O4+. The van der Waals surface area contributed by atoms with Gasteiger partial charge in [-0.3, -0.25) is 0 Å². The van der Waals surface area contributed by atoms with E-state index in [9.17, 15) is 15.2 Å². The Bertz CT molecular complexity index is 1470. The molecule has 5 rings (SSSR count). The van der Waals surface area contributed by atoms with Crippen molar-refractivity contribution in [3.63, 3.8) is 0 Å². The SMILES string of the molecule is CCOc1cc(-c2nc3cc4c(cc3[nH]2)n(O)c2ccccc2[n+]4=O)ccc1O. The van der Waals surface area contributed by atoms with E-state index < -0.39 is 0 Å². The van der Waals surface area contributed by atoms with Crippen molar-refractivity contribution in [3.05, 3.63) is 59.5 Å². The Morgan fingerprint density at radius 2 is 1.93 bits per heavy atom. The van der Waals surface area contributed by atoms with E-state index in [1.54, 1.807) is 54.6 Å². The quantitative estimate of drug-likeness (QED) is 0.248. The van der Waals surface area contributed by atoms with Crippen LogP contribution in [0.1, 0.15) is 6.92 Å². The molecule has 144 valence electrons. The summed E-state index contributed by atoms with van der Waals surface area (Å²) in [5, 5.41) is 20.5. The van der Waals surface area contributed by atoms with Gasteiger partial charge in [0.05, 0.1) is 22.1 Å². The Kier molecular flexibility index (Phi) is 3.67. The molecule has 0 bridgehead atoms. The molecule has 2 aromatic heterocycles. The van der Waals surface area contributed by atoms with Gasteiger partial charge in [-0.15, -0.1) is 0 Å². The number of H-pyrrole nitrogens is 1. The third-order valence-corrected chi connectivity index (χ3v) is 4.89. The molecule has 0 unspecified atom stereocenters. The molecule has 0 saturated carbocycles. The standard InChI is InChI=1S/C21H16N4O4/c1-2-29-20-9-12(7-8-19(20)26)21-22-13-10-17-18(11-14(13)23-21)25(28)16-6-4-3-5-15(16)24(17)27/h3-11H,2H2,1H3,(H2-,22,23,26,27,28)/p+1. The van der Waals surface area contributed by atoms with Gasteiger partial charge in [-0.1, -0.05) is 12.1 Å². The molecule has 0 aliphatic heterocycles. The van der Waals surface area contributed by atoms with Crippen molar-refractivity contribution in [2.75, 3.05) is 6.61 Å². The number of hydrogen-bond donors (Lipinski definition) is 3. The first kappa shape index (κ1) is 17.1. The maximum Gasteiger partial charge on any atom is 0.292 e. The molecule has 0 spiro atoms. The topological polar surface area (TPSA) is 106 Å². The maximum atomic E-state index is 12.8. The van der Waals surface area contributed by atoms with Crippen molar-refractivity contribution in [1.29, 1.82) is 0 Å². The van der Waals surface area contributed by atoms with E-state index in [0.29, 0.717) is 51.3 Å². The number of ether oxygens (including phenoxy) is 1. The molecule has 3 aromatic carbocycles. The average molecular weight is 389 g/mol. The Morgan fingerprint density at radius 1 is 1.10 bits per heavy atom. The fraction of sp³-hybridized carbons (Fsp3) is 0.0952. The average Bonchev–Trinajstić information content (AvgIpc) is 3.16. The van der Waals surface area contributed by atoms with Crippen LogP contribution in [0.25, 0.3) is 44.5 Å². The number of aromatic nitrogens is 4. The minimum absolute atomic E-state index is 0.0536. The molecule has 0 aliphatic rings. The molecule has 5 aromatic rings. The second kappa shape index (κ2) is 6.23. The van der Waals surface area contributed by atoms with Gasteiger partial charge in [-0.05, 0) is 37.3 Å². The molecule has 29 heavy (non-hydrogen) atoms. The molecule has 0 fully saturated rings. The van der Waals surface area contributed by atoms with Gasteiger partial charge >= 0.3 is 0 Å². The Morgan fingerprint density at radius 3 is 2.76 bits per heavy atom. The fourth-order valence-corrected chi connectivity index (χ4v) is 3.51. The lowest BCUT2D eigenvalue weighted by Crippen LogP contribution is -2.20. The largest absolute Gasteiger partial charge is 0.504 e. The summed E-state index contributed by atoms with van der Waals surface area (Å²) < 4.78 is 7.24. The number of para-hydroxylation sites is 2. The number of hydrogen-bond acceptors (Lipinski definition) is 5. The number of nitrogens with one attached hydrogen (secondary N) is 1. The summed E-state index contributed by atoms with van der Waals surface area (Å²) in [5.74, 6) is 0.980. The minimum atomic E-state index is 0.0536. The van der Waals surface area contributed by atoms with Crippen LogP contribution in [-0.2, 0) is 0 Å². The summed E-state index contributed by atoms with van der Waals surface area (Å²) in [7, 11) is 0. The molecule has 0 amide bonds. The minimum Gasteiger partial charge on any atom is -0.504 e. The van der Waals surface area contributed by atoms with Crippen LogP contribution in [0.15, 0.2) is 54.6 Å². The Balaban J connectivity index is 1.75. The summed E-state index contributed by atoms with van der Waals surface area (Å²) in [6, 6.07) is 15.1. The van der Waals surface area contributed by atoms with Crippen LogP contribution in [0.4, 0.5) is 0 Å². The molecule has 0 saturated heterocycles. The predicted molar refractivity (Wildman–Crippen MR) is 108 cm³/mol. The first-order valence-electron chi connectivity index (χ1n) is 9.12. The summed E-state index contributed by atoms with van der Waals surface area (Å²) in [6.45, 7) is 2.27.